The van der Waals surface area contributed by atoms with Gasteiger partial charge in [-0.15, -0.1) is 22.7 Å². The van der Waals surface area contributed by atoms with E-state index in [1.54, 1.807) is 11.3 Å². The molecule has 0 saturated heterocycles. The van der Waals surface area contributed by atoms with Crippen molar-refractivity contribution in [1.82, 2.24) is 0 Å². The molecule has 5 heteroatoms. The van der Waals surface area contributed by atoms with E-state index in [-0.39, 0.29) is 5.41 Å². The van der Waals surface area contributed by atoms with E-state index in [4.69, 9.17) is 0 Å². The van der Waals surface area contributed by atoms with Crippen LogP contribution in [0.4, 0.5) is 0 Å². The summed E-state index contributed by atoms with van der Waals surface area (Å²) in [6, 6.07) is 8.93. The van der Waals surface area contributed by atoms with Gasteiger partial charge in [0.1, 0.15) is 0 Å². The number of hydrogen-bond acceptors (Lipinski definition) is 2. The quantitative estimate of drug-likeness (QED) is 0.310. The van der Waals surface area contributed by atoms with Crippen LogP contribution in [-0.2, 0) is 5.41 Å². The predicted octanol–water partition coefficient (Wildman–Crippen LogP) is 8.21. The molecule has 0 unspecified atom stereocenters. The van der Waals surface area contributed by atoms with Crippen molar-refractivity contribution in [2.75, 3.05) is 0 Å². The molecule has 0 N–H and O–H groups in total. The standard InChI is InChI=1S/C16H13Br3S2/c1-16(2,3)9-6-4-8(5-7-9)12-10(17)13-14(20-12)11(18)15(19)21-13/h4-7H,1-3H3. The van der Waals surface area contributed by atoms with Crippen molar-refractivity contribution in [3.8, 4) is 10.4 Å². The van der Waals surface area contributed by atoms with Crippen molar-refractivity contribution < 1.29 is 0 Å². The van der Waals surface area contributed by atoms with E-state index < -0.39 is 0 Å². The van der Waals surface area contributed by atoms with Gasteiger partial charge in [0.2, 0.25) is 0 Å². The van der Waals surface area contributed by atoms with E-state index in [1.807, 2.05) is 11.3 Å². The van der Waals surface area contributed by atoms with Crippen LogP contribution < -0.4 is 0 Å². The van der Waals surface area contributed by atoms with Gasteiger partial charge in [0, 0.05) is 0 Å². The van der Waals surface area contributed by atoms with Gasteiger partial charge in [-0.1, -0.05) is 45.0 Å². The first kappa shape index (κ1) is 16.2. The molecule has 0 aliphatic heterocycles. The van der Waals surface area contributed by atoms with Crippen LogP contribution in [0.2, 0.25) is 0 Å². The molecule has 21 heavy (non-hydrogen) atoms. The van der Waals surface area contributed by atoms with Crippen LogP contribution in [0.3, 0.4) is 0 Å². The first-order valence-corrected chi connectivity index (χ1v) is 10.5. The minimum absolute atomic E-state index is 0.194. The number of thiophene rings is 2. The van der Waals surface area contributed by atoms with Gasteiger partial charge in [-0.25, -0.2) is 0 Å². The van der Waals surface area contributed by atoms with Crippen molar-refractivity contribution in [3.05, 3.63) is 42.6 Å². The molecule has 0 aliphatic carbocycles. The number of hydrogen-bond donors (Lipinski definition) is 0. The van der Waals surface area contributed by atoms with E-state index in [2.05, 4.69) is 92.8 Å². The summed E-state index contributed by atoms with van der Waals surface area (Å²) < 4.78 is 6.11. The summed E-state index contributed by atoms with van der Waals surface area (Å²) in [7, 11) is 0. The van der Waals surface area contributed by atoms with Gasteiger partial charge in [0.25, 0.3) is 0 Å². The monoisotopic (exact) mass is 506 g/mol. The Labute approximate surface area is 158 Å². The highest BCUT2D eigenvalue weighted by molar-refractivity contribution is 9.13. The van der Waals surface area contributed by atoms with Gasteiger partial charge in [0.05, 0.1) is 27.0 Å². The molecule has 0 bridgehead atoms. The molecule has 3 rings (SSSR count). The van der Waals surface area contributed by atoms with Crippen molar-refractivity contribution in [2.45, 2.75) is 26.2 Å². The molecule has 0 amide bonds. The molecule has 0 spiro atoms. The van der Waals surface area contributed by atoms with Crippen LogP contribution in [0.15, 0.2) is 37.0 Å². The van der Waals surface area contributed by atoms with Crippen LogP contribution in [0, 0.1) is 0 Å². The fraction of sp³-hybridized carbons (Fsp3) is 0.250. The second kappa shape index (κ2) is 5.75. The largest absolute Gasteiger partial charge is 0.132 e. The Bertz CT molecular complexity index is 805. The van der Waals surface area contributed by atoms with Crippen molar-refractivity contribution in [3.63, 3.8) is 0 Å². The number of rotatable bonds is 1. The lowest BCUT2D eigenvalue weighted by Gasteiger charge is -2.19. The van der Waals surface area contributed by atoms with Crippen LogP contribution in [-0.4, -0.2) is 0 Å². The molecular weight excluding hydrogens is 496 g/mol. The average Bonchev–Trinajstić information content (AvgIpc) is 2.88. The van der Waals surface area contributed by atoms with Gasteiger partial charge in [0.15, 0.2) is 0 Å². The molecule has 0 radical (unpaired) electrons. The minimum atomic E-state index is 0.194. The van der Waals surface area contributed by atoms with Crippen molar-refractivity contribution >= 4 is 79.9 Å². The smallest absolute Gasteiger partial charge is 0.0862 e. The van der Waals surface area contributed by atoms with E-state index >= 15 is 0 Å². The highest BCUT2D eigenvalue weighted by atomic mass is 79.9. The van der Waals surface area contributed by atoms with Crippen LogP contribution >= 0.6 is 70.5 Å². The van der Waals surface area contributed by atoms with E-state index in [9.17, 15) is 0 Å². The summed E-state index contributed by atoms with van der Waals surface area (Å²) in [5.74, 6) is 0. The Hall–Kier alpha value is 0.320. The first-order chi connectivity index (χ1) is 9.79. The third-order valence-corrected chi connectivity index (χ3v) is 9.82. The highest BCUT2D eigenvalue weighted by Crippen LogP contribution is 2.51. The van der Waals surface area contributed by atoms with Crippen LogP contribution in [0.25, 0.3) is 19.8 Å². The number of halogens is 3. The maximum Gasteiger partial charge on any atom is 0.0862 e. The van der Waals surface area contributed by atoms with Gasteiger partial charge in [-0.2, -0.15) is 0 Å². The second-order valence-electron chi connectivity index (χ2n) is 5.92. The van der Waals surface area contributed by atoms with E-state index in [0.717, 1.165) is 8.26 Å². The van der Waals surface area contributed by atoms with E-state index in [0.29, 0.717) is 0 Å². The average molecular weight is 509 g/mol. The first-order valence-electron chi connectivity index (χ1n) is 6.45. The lowest BCUT2D eigenvalue weighted by atomic mass is 9.86. The molecule has 0 nitrogen and oxygen atoms in total. The topological polar surface area (TPSA) is 0 Å². The Kier molecular flexibility index (Phi) is 4.43. The Morgan fingerprint density at radius 3 is 1.90 bits per heavy atom. The van der Waals surface area contributed by atoms with Gasteiger partial charge < -0.3 is 0 Å². The highest BCUT2D eigenvalue weighted by Gasteiger charge is 2.19. The summed E-state index contributed by atoms with van der Waals surface area (Å²) in [6.45, 7) is 6.73. The molecule has 2 aromatic heterocycles. The van der Waals surface area contributed by atoms with Gasteiger partial charge in [-0.3, -0.25) is 0 Å². The molecule has 0 aliphatic rings. The lowest BCUT2D eigenvalue weighted by Crippen LogP contribution is -2.10. The molecule has 3 aromatic rings. The van der Waals surface area contributed by atoms with Gasteiger partial charge >= 0.3 is 0 Å². The summed E-state index contributed by atoms with van der Waals surface area (Å²) in [5.41, 5.74) is 2.83. The molecule has 1 aromatic carbocycles. The summed E-state index contributed by atoms with van der Waals surface area (Å²) in [6.07, 6.45) is 0. The molecule has 110 valence electrons. The third-order valence-electron chi connectivity index (χ3n) is 3.39. The Balaban J connectivity index is 2.10. The zero-order valence-electron chi connectivity index (χ0n) is 11.8. The van der Waals surface area contributed by atoms with E-state index in [1.165, 1.54) is 29.9 Å². The molecule has 0 atom stereocenters. The zero-order valence-corrected chi connectivity index (χ0v) is 18.2. The maximum absolute atomic E-state index is 3.77. The maximum atomic E-state index is 3.77. The summed E-state index contributed by atoms with van der Waals surface area (Å²) >= 11 is 14.6. The fourth-order valence-electron chi connectivity index (χ4n) is 2.16. The molecule has 0 fully saturated rings. The molecule has 0 saturated carbocycles. The molecule has 2 heterocycles. The van der Waals surface area contributed by atoms with Crippen molar-refractivity contribution in [2.24, 2.45) is 0 Å². The van der Waals surface area contributed by atoms with Crippen LogP contribution in [0.1, 0.15) is 26.3 Å². The second-order valence-corrected chi connectivity index (χ2v) is 10.9. The number of benzene rings is 1. The Morgan fingerprint density at radius 1 is 0.810 bits per heavy atom. The fourth-order valence-corrected chi connectivity index (χ4v) is 7.01. The van der Waals surface area contributed by atoms with Gasteiger partial charge in [-0.05, 0) is 64.3 Å². The van der Waals surface area contributed by atoms with Crippen LogP contribution in [0.5, 0.6) is 0 Å². The number of fused-ring (bicyclic) bond motifs is 1. The summed E-state index contributed by atoms with van der Waals surface area (Å²) in [5, 5.41) is 0. The Morgan fingerprint density at radius 2 is 1.38 bits per heavy atom. The molecular formula is C16H13Br3S2. The normalized spacial score (nSPS) is 12.3. The predicted molar refractivity (Wildman–Crippen MR) is 107 cm³/mol. The SMILES string of the molecule is CC(C)(C)c1ccc(-c2sc3c(Br)c(Br)sc3c2Br)cc1. The van der Waals surface area contributed by atoms with Crippen molar-refractivity contribution in [1.29, 1.82) is 0 Å². The lowest BCUT2D eigenvalue weighted by molar-refractivity contribution is 0.590. The third kappa shape index (κ3) is 2.92. The minimum Gasteiger partial charge on any atom is -0.132 e. The summed E-state index contributed by atoms with van der Waals surface area (Å²) in [4.78, 5) is 1.30. The zero-order chi connectivity index (χ0) is 15.4.